The fraction of sp³-hybridized carbons (Fsp3) is 0.235. The second-order valence-electron chi connectivity index (χ2n) is 4.65. The normalized spacial score (nSPS) is 11.0. The van der Waals surface area contributed by atoms with Crippen LogP contribution in [0.5, 0.6) is 11.5 Å². The molecule has 4 nitrogen and oxygen atoms in total. The number of hydrogen-bond donors (Lipinski definition) is 1. The maximum atomic E-state index is 8.70. The average Bonchev–Trinajstić information content (AvgIpc) is 2.54. The second-order valence-corrected chi connectivity index (χ2v) is 4.65. The Morgan fingerprint density at radius 3 is 2.50 bits per heavy atom. The minimum atomic E-state index is -0.313. The van der Waals surface area contributed by atoms with Gasteiger partial charge in [-0.2, -0.15) is 5.26 Å². The van der Waals surface area contributed by atoms with Crippen LogP contribution in [-0.2, 0) is 6.61 Å². The van der Waals surface area contributed by atoms with Crippen LogP contribution in [0, 0.1) is 11.3 Å². The van der Waals surface area contributed by atoms with Crippen molar-refractivity contribution >= 4 is 12.4 Å². The zero-order valence-electron chi connectivity index (χ0n) is 12.4. The van der Waals surface area contributed by atoms with E-state index in [0.29, 0.717) is 18.1 Å². The lowest BCUT2D eigenvalue weighted by atomic mass is 10.0. The maximum absolute atomic E-state index is 8.70. The standard InChI is InChI=1S/C17H18N2O2.ClH/c1-20-17-11-14(15(19)9-10-18)7-8-16(17)21-12-13-5-3-2-4-6-13;/h2-8,11,15H,9,12,19H2,1H3;1H/t15-;/m1./s1. The Morgan fingerprint density at radius 1 is 1.14 bits per heavy atom. The Kier molecular flexibility index (Phi) is 7.24. The zero-order chi connectivity index (χ0) is 15.1. The maximum Gasteiger partial charge on any atom is 0.161 e. The van der Waals surface area contributed by atoms with Crippen molar-refractivity contribution in [1.29, 1.82) is 5.26 Å². The van der Waals surface area contributed by atoms with Gasteiger partial charge >= 0.3 is 0 Å². The van der Waals surface area contributed by atoms with Gasteiger partial charge in [0.15, 0.2) is 11.5 Å². The highest BCUT2D eigenvalue weighted by Gasteiger charge is 2.11. The lowest BCUT2D eigenvalue weighted by molar-refractivity contribution is 0.284. The molecule has 1 atom stereocenters. The molecule has 5 heteroatoms. The number of nitrogens with two attached hydrogens (primary N) is 1. The summed E-state index contributed by atoms with van der Waals surface area (Å²) in [7, 11) is 1.59. The van der Waals surface area contributed by atoms with E-state index in [9.17, 15) is 0 Å². The van der Waals surface area contributed by atoms with E-state index in [2.05, 4.69) is 6.07 Å². The predicted molar refractivity (Wildman–Crippen MR) is 88.2 cm³/mol. The molecule has 0 bridgehead atoms. The number of methoxy groups -OCH3 is 1. The molecule has 0 radical (unpaired) electrons. The summed E-state index contributed by atoms with van der Waals surface area (Å²) < 4.78 is 11.1. The van der Waals surface area contributed by atoms with Crippen molar-refractivity contribution in [3.8, 4) is 17.6 Å². The molecule has 0 aliphatic heterocycles. The van der Waals surface area contributed by atoms with E-state index in [0.717, 1.165) is 11.1 Å². The van der Waals surface area contributed by atoms with Crippen LogP contribution >= 0.6 is 12.4 Å². The molecule has 2 N–H and O–H groups in total. The van der Waals surface area contributed by atoms with Crippen molar-refractivity contribution < 1.29 is 9.47 Å². The van der Waals surface area contributed by atoms with Crippen molar-refractivity contribution in [2.24, 2.45) is 5.73 Å². The van der Waals surface area contributed by atoms with E-state index < -0.39 is 0 Å². The number of hydrogen-bond acceptors (Lipinski definition) is 4. The molecule has 2 aromatic carbocycles. The van der Waals surface area contributed by atoms with E-state index in [1.54, 1.807) is 7.11 Å². The van der Waals surface area contributed by atoms with Crippen LogP contribution in [0.25, 0.3) is 0 Å². The van der Waals surface area contributed by atoms with Gasteiger partial charge in [-0.15, -0.1) is 12.4 Å². The van der Waals surface area contributed by atoms with Gasteiger partial charge in [-0.25, -0.2) is 0 Å². The molecular formula is C17H19ClN2O2. The first-order chi connectivity index (χ1) is 10.2. The minimum Gasteiger partial charge on any atom is -0.493 e. The lowest BCUT2D eigenvalue weighted by Crippen LogP contribution is -2.09. The smallest absolute Gasteiger partial charge is 0.161 e. The Morgan fingerprint density at radius 2 is 1.86 bits per heavy atom. The van der Waals surface area contributed by atoms with Crippen LogP contribution in [-0.4, -0.2) is 7.11 Å². The first-order valence-corrected chi connectivity index (χ1v) is 6.71. The van der Waals surface area contributed by atoms with E-state index >= 15 is 0 Å². The SMILES string of the molecule is COc1cc([C@H](N)CC#N)ccc1OCc1ccccc1.Cl. The summed E-state index contributed by atoms with van der Waals surface area (Å²) >= 11 is 0. The van der Waals surface area contributed by atoms with Crippen molar-refractivity contribution in [2.75, 3.05) is 7.11 Å². The Balaban J connectivity index is 0.00000242. The number of ether oxygens (including phenoxy) is 2. The van der Waals surface area contributed by atoms with Crippen molar-refractivity contribution in [1.82, 2.24) is 0 Å². The number of halogens is 1. The highest BCUT2D eigenvalue weighted by Crippen LogP contribution is 2.31. The van der Waals surface area contributed by atoms with E-state index in [1.165, 1.54) is 0 Å². The largest absolute Gasteiger partial charge is 0.493 e. The topological polar surface area (TPSA) is 68.3 Å². The van der Waals surface area contributed by atoms with Gasteiger partial charge < -0.3 is 15.2 Å². The molecule has 22 heavy (non-hydrogen) atoms. The second kappa shape index (κ2) is 8.93. The third-order valence-corrected chi connectivity index (χ3v) is 3.16. The van der Waals surface area contributed by atoms with Crippen LogP contribution in [0.3, 0.4) is 0 Å². The molecule has 2 aromatic rings. The van der Waals surface area contributed by atoms with Gasteiger partial charge in [0.1, 0.15) is 6.61 Å². The number of nitrogens with zero attached hydrogens (tertiary/aromatic N) is 1. The molecule has 0 heterocycles. The summed E-state index contributed by atoms with van der Waals surface area (Å²) in [5.74, 6) is 1.28. The first-order valence-electron chi connectivity index (χ1n) is 6.71. The highest BCUT2D eigenvalue weighted by molar-refractivity contribution is 5.85. The summed E-state index contributed by atoms with van der Waals surface area (Å²) in [6, 6.07) is 17.2. The molecule has 0 saturated carbocycles. The van der Waals surface area contributed by atoms with Crippen LogP contribution < -0.4 is 15.2 Å². The third kappa shape index (κ3) is 4.66. The summed E-state index contributed by atoms with van der Waals surface area (Å²) in [5.41, 5.74) is 7.87. The lowest BCUT2D eigenvalue weighted by Gasteiger charge is -2.14. The molecule has 0 aliphatic rings. The Hall–Kier alpha value is -2.22. The number of benzene rings is 2. The van der Waals surface area contributed by atoms with Crippen LogP contribution in [0.2, 0.25) is 0 Å². The van der Waals surface area contributed by atoms with Crippen molar-refractivity contribution in [3.63, 3.8) is 0 Å². The zero-order valence-corrected chi connectivity index (χ0v) is 13.2. The summed E-state index contributed by atoms with van der Waals surface area (Å²) in [5, 5.41) is 8.70. The van der Waals surface area contributed by atoms with Gasteiger partial charge in [0, 0.05) is 6.04 Å². The fourth-order valence-corrected chi connectivity index (χ4v) is 1.99. The van der Waals surface area contributed by atoms with Crippen molar-refractivity contribution in [2.45, 2.75) is 19.1 Å². The third-order valence-electron chi connectivity index (χ3n) is 3.16. The van der Waals surface area contributed by atoms with Gasteiger partial charge in [0.05, 0.1) is 19.6 Å². The van der Waals surface area contributed by atoms with Gasteiger partial charge in [0.25, 0.3) is 0 Å². The summed E-state index contributed by atoms with van der Waals surface area (Å²) in [6.45, 7) is 0.473. The Bertz CT molecular complexity index is 626. The average molecular weight is 319 g/mol. The molecule has 0 spiro atoms. The molecule has 0 fully saturated rings. The van der Waals surface area contributed by atoms with Gasteiger partial charge in [0.2, 0.25) is 0 Å². The van der Waals surface area contributed by atoms with Crippen LogP contribution in [0.4, 0.5) is 0 Å². The summed E-state index contributed by atoms with van der Waals surface area (Å²) in [4.78, 5) is 0. The Labute approximate surface area is 136 Å². The molecule has 0 unspecified atom stereocenters. The van der Waals surface area contributed by atoms with E-state index in [-0.39, 0.29) is 24.9 Å². The van der Waals surface area contributed by atoms with Crippen LogP contribution in [0.1, 0.15) is 23.6 Å². The molecule has 116 valence electrons. The van der Waals surface area contributed by atoms with E-state index in [4.69, 9.17) is 20.5 Å². The van der Waals surface area contributed by atoms with Gasteiger partial charge in [-0.05, 0) is 23.3 Å². The highest BCUT2D eigenvalue weighted by atomic mass is 35.5. The van der Waals surface area contributed by atoms with E-state index in [1.807, 2.05) is 48.5 Å². The molecule has 0 saturated heterocycles. The first kappa shape index (κ1) is 17.8. The number of nitriles is 1. The molecule has 0 amide bonds. The summed E-state index contributed by atoms with van der Waals surface area (Å²) in [6.07, 6.45) is 0.271. The minimum absolute atomic E-state index is 0. The number of rotatable bonds is 6. The fourth-order valence-electron chi connectivity index (χ4n) is 1.99. The molecule has 0 aromatic heterocycles. The van der Waals surface area contributed by atoms with Gasteiger partial charge in [-0.3, -0.25) is 0 Å². The monoisotopic (exact) mass is 318 g/mol. The molecule has 2 rings (SSSR count). The van der Waals surface area contributed by atoms with Crippen molar-refractivity contribution in [3.05, 3.63) is 59.7 Å². The predicted octanol–water partition coefficient (Wildman–Crippen LogP) is 3.61. The van der Waals surface area contributed by atoms with Gasteiger partial charge in [-0.1, -0.05) is 36.4 Å². The molecular weight excluding hydrogens is 300 g/mol. The quantitative estimate of drug-likeness (QED) is 0.883. The molecule has 0 aliphatic carbocycles. The van der Waals surface area contributed by atoms with Crippen LogP contribution in [0.15, 0.2) is 48.5 Å².